The minimum absolute atomic E-state index is 0.105. The highest BCUT2D eigenvalue weighted by atomic mass is 32.1. The van der Waals surface area contributed by atoms with E-state index in [4.69, 9.17) is 4.74 Å². The maximum absolute atomic E-state index is 12.2. The molecule has 2 heterocycles. The molecule has 0 fully saturated rings. The lowest BCUT2D eigenvalue weighted by molar-refractivity contribution is 0.189. The Morgan fingerprint density at radius 1 is 1.52 bits per heavy atom. The van der Waals surface area contributed by atoms with E-state index in [2.05, 4.69) is 27.2 Å². The second-order valence-corrected chi connectivity index (χ2v) is 6.65. The van der Waals surface area contributed by atoms with Crippen LogP contribution in [0.25, 0.3) is 0 Å². The van der Waals surface area contributed by atoms with Crippen LogP contribution < -0.4 is 10.6 Å². The van der Waals surface area contributed by atoms with Gasteiger partial charge < -0.3 is 10.1 Å². The number of aryl methyl sites for hydroxylation is 2. The van der Waals surface area contributed by atoms with Gasteiger partial charge in [-0.25, -0.2) is 4.79 Å². The van der Waals surface area contributed by atoms with Gasteiger partial charge in [0, 0.05) is 37.4 Å². The lowest BCUT2D eigenvalue weighted by Gasteiger charge is -2.23. The Kier molecular flexibility index (Phi) is 5.30. The molecule has 2 aromatic heterocycles. The summed E-state index contributed by atoms with van der Waals surface area (Å²) >= 11 is 1.78. The molecule has 2 N–H and O–H groups in total. The summed E-state index contributed by atoms with van der Waals surface area (Å²) in [5.74, 6) is 0.571. The summed E-state index contributed by atoms with van der Waals surface area (Å²) in [5, 5.41) is 12.3. The number of ether oxygens (including phenoxy) is 1. The molecule has 0 aliphatic heterocycles. The Hall–Kier alpha value is -1.86. The average molecular weight is 334 g/mol. The zero-order chi connectivity index (χ0) is 16.1. The summed E-state index contributed by atoms with van der Waals surface area (Å²) in [6, 6.07) is 3.84. The van der Waals surface area contributed by atoms with Crippen molar-refractivity contribution >= 4 is 23.2 Å². The maximum Gasteiger partial charge on any atom is 0.320 e. The van der Waals surface area contributed by atoms with Gasteiger partial charge >= 0.3 is 6.03 Å². The van der Waals surface area contributed by atoms with E-state index in [9.17, 15) is 4.79 Å². The zero-order valence-corrected chi connectivity index (χ0v) is 14.1. The molecule has 6 nitrogen and oxygen atoms in total. The summed E-state index contributed by atoms with van der Waals surface area (Å²) in [7, 11) is 1.69. The fourth-order valence-electron chi connectivity index (χ4n) is 2.87. The predicted octanol–water partition coefficient (Wildman–Crippen LogP) is 3.18. The van der Waals surface area contributed by atoms with Crippen LogP contribution in [0.15, 0.2) is 23.7 Å². The molecular weight excluding hydrogens is 312 g/mol. The number of anilines is 1. The summed E-state index contributed by atoms with van der Waals surface area (Å²) < 4.78 is 6.83. The lowest BCUT2D eigenvalue weighted by atomic mass is 9.94. The van der Waals surface area contributed by atoms with Crippen molar-refractivity contribution in [1.82, 2.24) is 15.1 Å². The molecule has 124 valence electrons. The Bertz CT molecular complexity index is 652. The smallest absolute Gasteiger partial charge is 0.320 e. The number of carbonyl (C=O) groups is 1. The number of thiophene rings is 1. The van der Waals surface area contributed by atoms with Crippen LogP contribution in [0.1, 0.15) is 35.7 Å². The van der Waals surface area contributed by atoms with Gasteiger partial charge in [0.2, 0.25) is 0 Å². The Morgan fingerprint density at radius 2 is 2.43 bits per heavy atom. The van der Waals surface area contributed by atoms with Crippen LogP contribution in [0.2, 0.25) is 0 Å². The molecular formula is C16H22N4O2S. The number of hydrogen-bond acceptors (Lipinski definition) is 4. The SMILES string of the molecule is COCCCn1ccc(NC(=O)N[C@H]2CCCc3sccc32)n1. The third-order valence-electron chi connectivity index (χ3n) is 3.98. The second-order valence-electron chi connectivity index (χ2n) is 5.65. The van der Waals surface area contributed by atoms with Crippen LogP contribution in [0.5, 0.6) is 0 Å². The van der Waals surface area contributed by atoms with E-state index in [1.165, 1.54) is 10.4 Å². The number of carbonyl (C=O) groups excluding carboxylic acids is 1. The quantitative estimate of drug-likeness (QED) is 0.797. The topological polar surface area (TPSA) is 68.2 Å². The predicted molar refractivity (Wildman–Crippen MR) is 90.9 cm³/mol. The van der Waals surface area contributed by atoms with Gasteiger partial charge in [0.1, 0.15) is 0 Å². The van der Waals surface area contributed by atoms with E-state index < -0.39 is 0 Å². The van der Waals surface area contributed by atoms with Crippen LogP contribution in [-0.2, 0) is 17.7 Å². The fraction of sp³-hybridized carbons (Fsp3) is 0.500. The lowest BCUT2D eigenvalue weighted by Crippen LogP contribution is -2.34. The minimum Gasteiger partial charge on any atom is -0.385 e. The van der Waals surface area contributed by atoms with Crippen molar-refractivity contribution < 1.29 is 9.53 Å². The highest BCUT2D eigenvalue weighted by Crippen LogP contribution is 2.33. The number of nitrogens with one attached hydrogen (secondary N) is 2. The third-order valence-corrected chi connectivity index (χ3v) is 4.97. The molecule has 23 heavy (non-hydrogen) atoms. The molecule has 0 unspecified atom stereocenters. The summed E-state index contributed by atoms with van der Waals surface area (Å²) in [6.07, 6.45) is 5.99. The van der Waals surface area contributed by atoms with Crippen LogP contribution in [0.3, 0.4) is 0 Å². The molecule has 0 saturated heterocycles. The number of fused-ring (bicyclic) bond motifs is 1. The van der Waals surface area contributed by atoms with Gasteiger partial charge in [0.25, 0.3) is 0 Å². The van der Waals surface area contributed by atoms with Crippen molar-refractivity contribution in [2.75, 3.05) is 19.0 Å². The first-order valence-corrected chi connectivity index (χ1v) is 8.80. The first-order chi connectivity index (χ1) is 11.3. The summed E-state index contributed by atoms with van der Waals surface area (Å²) in [4.78, 5) is 13.6. The van der Waals surface area contributed by atoms with Gasteiger partial charge in [-0.15, -0.1) is 11.3 Å². The van der Waals surface area contributed by atoms with E-state index in [0.29, 0.717) is 12.4 Å². The van der Waals surface area contributed by atoms with E-state index in [0.717, 1.165) is 32.2 Å². The first kappa shape index (κ1) is 16.0. The largest absolute Gasteiger partial charge is 0.385 e. The molecule has 1 aliphatic carbocycles. The zero-order valence-electron chi connectivity index (χ0n) is 13.2. The van der Waals surface area contributed by atoms with Gasteiger partial charge in [-0.2, -0.15) is 5.10 Å². The van der Waals surface area contributed by atoms with Gasteiger partial charge in [0.15, 0.2) is 5.82 Å². The van der Waals surface area contributed by atoms with Crippen molar-refractivity contribution in [3.8, 4) is 0 Å². The Balaban J connectivity index is 1.52. The number of nitrogens with zero attached hydrogens (tertiary/aromatic N) is 2. The first-order valence-electron chi connectivity index (χ1n) is 7.92. The molecule has 0 aromatic carbocycles. The number of urea groups is 1. The number of aromatic nitrogens is 2. The number of methoxy groups -OCH3 is 1. The molecule has 2 amide bonds. The molecule has 0 bridgehead atoms. The van der Waals surface area contributed by atoms with Crippen molar-refractivity contribution in [2.45, 2.75) is 38.3 Å². The van der Waals surface area contributed by atoms with E-state index >= 15 is 0 Å². The third kappa shape index (κ3) is 4.11. The highest BCUT2D eigenvalue weighted by Gasteiger charge is 2.22. The van der Waals surface area contributed by atoms with Gasteiger partial charge in [-0.1, -0.05) is 0 Å². The van der Waals surface area contributed by atoms with E-state index in [1.807, 2.05) is 16.9 Å². The number of hydrogen-bond donors (Lipinski definition) is 2. The van der Waals surface area contributed by atoms with E-state index in [1.54, 1.807) is 18.4 Å². The van der Waals surface area contributed by atoms with Gasteiger partial charge in [-0.05, 0) is 42.7 Å². The van der Waals surface area contributed by atoms with Gasteiger partial charge in [0.05, 0.1) is 6.04 Å². The number of amides is 2. The summed E-state index contributed by atoms with van der Waals surface area (Å²) in [6.45, 7) is 1.48. The normalized spacial score (nSPS) is 16.8. The molecule has 2 aromatic rings. The molecule has 0 saturated carbocycles. The molecule has 0 spiro atoms. The van der Waals surface area contributed by atoms with E-state index in [-0.39, 0.29) is 12.1 Å². The molecule has 1 atom stereocenters. The van der Waals surface area contributed by atoms with Crippen molar-refractivity contribution in [3.05, 3.63) is 34.2 Å². The molecule has 0 radical (unpaired) electrons. The second kappa shape index (κ2) is 7.61. The van der Waals surface area contributed by atoms with Crippen LogP contribution in [0, 0.1) is 0 Å². The average Bonchev–Trinajstić information content (AvgIpc) is 3.17. The van der Waals surface area contributed by atoms with Crippen LogP contribution >= 0.6 is 11.3 Å². The van der Waals surface area contributed by atoms with Crippen molar-refractivity contribution in [2.24, 2.45) is 0 Å². The summed E-state index contributed by atoms with van der Waals surface area (Å²) in [5.41, 5.74) is 1.27. The van der Waals surface area contributed by atoms with Crippen molar-refractivity contribution in [1.29, 1.82) is 0 Å². The fourth-order valence-corrected chi connectivity index (χ4v) is 3.86. The Morgan fingerprint density at radius 3 is 3.30 bits per heavy atom. The maximum atomic E-state index is 12.2. The van der Waals surface area contributed by atoms with Crippen LogP contribution in [0.4, 0.5) is 10.6 Å². The van der Waals surface area contributed by atoms with Crippen molar-refractivity contribution in [3.63, 3.8) is 0 Å². The minimum atomic E-state index is -0.198. The molecule has 3 rings (SSSR count). The standard InChI is InChI=1S/C16H22N4O2S/c1-22-10-3-8-20-9-6-15(19-20)18-16(21)17-13-4-2-5-14-12(13)7-11-23-14/h6-7,9,11,13H,2-5,8,10H2,1H3,(H2,17,18,19,21)/t13-/m0/s1. The molecule has 7 heteroatoms. The van der Waals surface area contributed by atoms with Gasteiger partial charge in [-0.3, -0.25) is 10.00 Å². The molecule has 1 aliphatic rings. The Labute approximate surface area is 139 Å². The van der Waals surface area contributed by atoms with Crippen LogP contribution in [-0.4, -0.2) is 29.5 Å². The highest BCUT2D eigenvalue weighted by molar-refractivity contribution is 7.10. The monoisotopic (exact) mass is 334 g/mol. The number of rotatable bonds is 6.